The topological polar surface area (TPSA) is 76.7 Å². The largest absolute Gasteiger partial charge is 0.493 e. The highest BCUT2D eigenvalue weighted by Crippen LogP contribution is 2.34. The number of carbonyl (C=O) groups excluding carboxylic acids is 2. The lowest BCUT2D eigenvalue weighted by atomic mass is 9.93. The summed E-state index contributed by atoms with van der Waals surface area (Å²) in [7, 11) is 0. The van der Waals surface area contributed by atoms with Gasteiger partial charge in [-0.1, -0.05) is 64.2 Å². The van der Waals surface area contributed by atoms with Crippen molar-refractivity contribution in [2.75, 3.05) is 13.2 Å². The van der Waals surface area contributed by atoms with Gasteiger partial charge in [-0.05, 0) is 25.8 Å². The molecule has 0 aromatic heterocycles. The first-order chi connectivity index (χ1) is 14.1. The number of hydrogen-bond acceptors (Lipinski definition) is 4. The van der Waals surface area contributed by atoms with Crippen LogP contribution in [-0.2, 0) is 9.53 Å². The molecule has 1 aliphatic rings. The van der Waals surface area contributed by atoms with Crippen molar-refractivity contribution in [2.45, 2.75) is 71.8 Å². The van der Waals surface area contributed by atoms with E-state index >= 15 is 0 Å². The van der Waals surface area contributed by atoms with E-state index in [4.69, 9.17) is 9.47 Å². The standard InChI is InChI=1S/C23H34N2O4/c1-4-7-8-9-12-16-29-19-15-11-10-14-17(19)21-20(22(26)28-6-3)18(13-5-2)24-23(27)25-21/h10-11,14-15,21H,4-9,12-13,16H2,1-3H3,(H2,24,25,27). The van der Waals surface area contributed by atoms with Crippen LogP contribution in [0.25, 0.3) is 0 Å². The van der Waals surface area contributed by atoms with Gasteiger partial charge in [-0.25, -0.2) is 9.59 Å². The number of ether oxygens (including phenoxy) is 2. The molecule has 0 saturated carbocycles. The smallest absolute Gasteiger partial charge is 0.338 e. The second kappa shape index (κ2) is 12.1. The molecule has 1 aliphatic heterocycles. The van der Waals surface area contributed by atoms with Gasteiger partial charge in [0.15, 0.2) is 0 Å². The lowest BCUT2D eigenvalue weighted by molar-refractivity contribution is -0.139. The molecule has 1 atom stereocenters. The van der Waals surface area contributed by atoms with Gasteiger partial charge in [0.05, 0.1) is 24.8 Å². The predicted octanol–water partition coefficient (Wildman–Crippen LogP) is 5.01. The van der Waals surface area contributed by atoms with Crippen LogP contribution in [0.1, 0.15) is 77.3 Å². The van der Waals surface area contributed by atoms with Gasteiger partial charge in [-0.3, -0.25) is 0 Å². The molecule has 1 aromatic rings. The zero-order valence-corrected chi connectivity index (χ0v) is 17.9. The van der Waals surface area contributed by atoms with Crippen molar-refractivity contribution in [3.05, 3.63) is 41.1 Å². The quantitative estimate of drug-likeness (QED) is 0.381. The van der Waals surface area contributed by atoms with Gasteiger partial charge in [0.2, 0.25) is 0 Å². The van der Waals surface area contributed by atoms with Crippen molar-refractivity contribution < 1.29 is 19.1 Å². The number of hydrogen-bond donors (Lipinski definition) is 2. The Morgan fingerprint density at radius 2 is 1.79 bits per heavy atom. The van der Waals surface area contributed by atoms with Gasteiger partial charge >= 0.3 is 12.0 Å². The summed E-state index contributed by atoms with van der Waals surface area (Å²) >= 11 is 0. The molecule has 29 heavy (non-hydrogen) atoms. The van der Waals surface area contributed by atoms with E-state index in [-0.39, 0.29) is 12.6 Å². The van der Waals surface area contributed by atoms with E-state index in [1.807, 2.05) is 31.2 Å². The van der Waals surface area contributed by atoms with Gasteiger partial charge in [0.1, 0.15) is 5.75 Å². The Labute approximate surface area is 174 Å². The van der Waals surface area contributed by atoms with Crippen molar-refractivity contribution in [3.8, 4) is 5.75 Å². The molecule has 6 nitrogen and oxygen atoms in total. The number of nitrogens with one attached hydrogen (secondary N) is 2. The minimum atomic E-state index is -0.597. The number of esters is 1. The van der Waals surface area contributed by atoms with E-state index in [9.17, 15) is 9.59 Å². The number of urea groups is 1. The summed E-state index contributed by atoms with van der Waals surface area (Å²) in [5, 5.41) is 5.67. The van der Waals surface area contributed by atoms with E-state index in [0.717, 1.165) is 24.8 Å². The number of allylic oxidation sites excluding steroid dienone is 1. The van der Waals surface area contributed by atoms with Crippen LogP contribution in [0.5, 0.6) is 5.75 Å². The van der Waals surface area contributed by atoms with E-state index in [2.05, 4.69) is 17.6 Å². The molecule has 2 rings (SSSR count). The predicted molar refractivity (Wildman–Crippen MR) is 114 cm³/mol. The molecular weight excluding hydrogens is 368 g/mol. The van der Waals surface area contributed by atoms with Crippen molar-refractivity contribution in [1.82, 2.24) is 10.6 Å². The molecule has 2 amide bonds. The lowest BCUT2D eigenvalue weighted by Crippen LogP contribution is -2.46. The van der Waals surface area contributed by atoms with E-state index in [1.54, 1.807) is 6.92 Å². The molecule has 0 fully saturated rings. The van der Waals surface area contributed by atoms with E-state index in [0.29, 0.717) is 30.0 Å². The van der Waals surface area contributed by atoms with Crippen molar-refractivity contribution in [3.63, 3.8) is 0 Å². The summed E-state index contributed by atoms with van der Waals surface area (Å²) in [5.41, 5.74) is 1.84. The second-order valence-electron chi connectivity index (χ2n) is 7.19. The average Bonchev–Trinajstić information content (AvgIpc) is 2.71. The minimum Gasteiger partial charge on any atom is -0.493 e. The Morgan fingerprint density at radius 3 is 2.52 bits per heavy atom. The van der Waals surface area contributed by atoms with Crippen LogP contribution in [0.2, 0.25) is 0 Å². The highest BCUT2D eigenvalue weighted by Gasteiger charge is 2.34. The molecule has 0 saturated heterocycles. The molecule has 1 heterocycles. The lowest BCUT2D eigenvalue weighted by Gasteiger charge is -2.30. The van der Waals surface area contributed by atoms with Crippen LogP contribution >= 0.6 is 0 Å². The number of para-hydroxylation sites is 1. The molecule has 6 heteroatoms. The normalized spacial score (nSPS) is 16.2. The van der Waals surface area contributed by atoms with Crippen molar-refractivity contribution in [2.24, 2.45) is 0 Å². The van der Waals surface area contributed by atoms with Crippen LogP contribution in [0, 0.1) is 0 Å². The van der Waals surface area contributed by atoms with Gasteiger partial charge < -0.3 is 20.1 Å². The molecule has 1 aromatic carbocycles. The highest BCUT2D eigenvalue weighted by atomic mass is 16.5. The van der Waals surface area contributed by atoms with Crippen LogP contribution in [0.15, 0.2) is 35.5 Å². The number of amides is 2. The Balaban J connectivity index is 2.26. The summed E-state index contributed by atoms with van der Waals surface area (Å²) in [6.45, 7) is 6.87. The fourth-order valence-electron chi connectivity index (χ4n) is 3.49. The number of carbonyl (C=O) groups is 2. The first-order valence-corrected chi connectivity index (χ1v) is 10.8. The Bertz CT molecular complexity index is 715. The summed E-state index contributed by atoms with van der Waals surface area (Å²) in [5.74, 6) is 0.274. The van der Waals surface area contributed by atoms with E-state index < -0.39 is 12.0 Å². The molecule has 0 bridgehead atoms. The Kier molecular flexibility index (Phi) is 9.54. The van der Waals surface area contributed by atoms with Gasteiger partial charge in [-0.2, -0.15) is 0 Å². The third kappa shape index (κ3) is 6.51. The van der Waals surface area contributed by atoms with Gasteiger partial charge in [-0.15, -0.1) is 0 Å². The maximum Gasteiger partial charge on any atom is 0.338 e. The summed E-state index contributed by atoms with van der Waals surface area (Å²) in [4.78, 5) is 25.0. The highest BCUT2D eigenvalue weighted by molar-refractivity contribution is 5.95. The average molecular weight is 403 g/mol. The maximum absolute atomic E-state index is 12.7. The van der Waals surface area contributed by atoms with Crippen LogP contribution < -0.4 is 15.4 Å². The molecule has 0 aliphatic carbocycles. The van der Waals surface area contributed by atoms with Crippen LogP contribution in [-0.4, -0.2) is 25.2 Å². The Hall–Kier alpha value is -2.50. The molecule has 160 valence electrons. The SMILES string of the molecule is CCCCCCCOc1ccccc1C1NC(=O)NC(CCC)=C1C(=O)OCC. The van der Waals surface area contributed by atoms with Crippen molar-refractivity contribution >= 4 is 12.0 Å². The number of benzene rings is 1. The first kappa shape index (κ1) is 22.8. The molecule has 0 spiro atoms. The zero-order valence-electron chi connectivity index (χ0n) is 17.9. The molecule has 1 unspecified atom stereocenters. The van der Waals surface area contributed by atoms with Gasteiger partial charge in [0.25, 0.3) is 0 Å². The summed E-state index contributed by atoms with van der Waals surface area (Å²) < 4.78 is 11.3. The third-order valence-corrected chi connectivity index (χ3v) is 4.88. The number of unbranched alkanes of at least 4 members (excludes halogenated alkanes) is 4. The summed E-state index contributed by atoms with van der Waals surface area (Å²) in [6, 6.07) is 6.66. The fraction of sp³-hybridized carbons (Fsp3) is 0.565. The summed E-state index contributed by atoms with van der Waals surface area (Å²) in [6.07, 6.45) is 7.18. The molecular formula is C23H34N2O4. The van der Waals surface area contributed by atoms with Crippen LogP contribution in [0.4, 0.5) is 4.79 Å². The maximum atomic E-state index is 12.7. The molecule has 2 N–H and O–H groups in total. The van der Waals surface area contributed by atoms with Crippen molar-refractivity contribution in [1.29, 1.82) is 0 Å². The third-order valence-electron chi connectivity index (χ3n) is 4.88. The fourth-order valence-corrected chi connectivity index (χ4v) is 3.49. The van der Waals surface area contributed by atoms with Gasteiger partial charge in [0, 0.05) is 11.3 Å². The second-order valence-corrected chi connectivity index (χ2v) is 7.19. The first-order valence-electron chi connectivity index (χ1n) is 10.8. The number of rotatable bonds is 12. The van der Waals surface area contributed by atoms with Crippen LogP contribution in [0.3, 0.4) is 0 Å². The monoisotopic (exact) mass is 402 g/mol. The zero-order chi connectivity index (χ0) is 21.1. The molecule has 0 radical (unpaired) electrons. The Morgan fingerprint density at radius 1 is 1.03 bits per heavy atom. The minimum absolute atomic E-state index is 0.276. The van der Waals surface area contributed by atoms with E-state index in [1.165, 1.54) is 19.3 Å².